The van der Waals surface area contributed by atoms with Crippen LogP contribution in [0.1, 0.15) is 29.5 Å². The molecule has 5 heterocycles. The van der Waals surface area contributed by atoms with E-state index in [-0.39, 0.29) is 0 Å². The third-order valence-electron chi connectivity index (χ3n) is 12.8. The number of rotatable bonds is 2. The Hall–Kier alpha value is -7.55. The maximum Gasteiger partial charge on any atom is 0.145 e. The summed E-state index contributed by atoms with van der Waals surface area (Å²) in [5.41, 5.74) is 14.9. The molecular formula is C53H34N4O. The van der Waals surface area contributed by atoms with E-state index in [1.807, 2.05) is 18.2 Å². The minimum atomic E-state index is 0.639. The Kier molecular flexibility index (Phi) is 6.40. The molecule has 0 aliphatic carbocycles. The summed E-state index contributed by atoms with van der Waals surface area (Å²) >= 11 is 0. The molecule has 58 heavy (non-hydrogen) atoms. The summed E-state index contributed by atoms with van der Waals surface area (Å²) in [5.74, 6) is 0. The second-order valence-corrected chi connectivity index (χ2v) is 15.8. The molecule has 13 rings (SSSR count). The molecule has 5 nitrogen and oxygen atoms in total. The second-order valence-electron chi connectivity index (χ2n) is 15.8. The first kappa shape index (κ1) is 31.6. The van der Waals surface area contributed by atoms with Gasteiger partial charge in [0, 0.05) is 43.4 Å². The Balaban J connectivity index is 1.18. The van der Waals surface area contributed by atoms with Gasteiger partial charge in [-0.1, -0.05) is 97.1 Å². The van der Waals surface area contributed by atoms with Crippen LogP contribution in [0.5, 0.6) is 0 Å². The van der Waals surface area contributed by atoms with Crippen molar-refractivity contribution in [2.75, 3.05) is 0 Å². The van der Waals surface area contributed by atoms with E-state index in [2.05, 4.69) is 159 Å². The zero-order valence-electron chi connectivity index (χ0n) is 31.5. The first-order chi connectivity index (χ1) is 28.8. The minimum absolute atomic E-state index is 0.639. The van der Waals surface area contributed by atoms with Crippen LogP contribution in [-0.2, 0) is 12.8 Å². The van der Waals surface area contributed by atoms with Crippen LogP contribution >= 0.6 is 0 Å². The lowest BCUT2D eigenvalue weighted by Gasteiger charge is -2.22. The summed E-state index contributed by atoms with van der Waals surface area (Å²) in [7, 11) is 0. The summed E-state index contributed by atoms with van der Waals surface area (Å²) in [6.07, 6.45) is 3.95. The average Bonchev–Trinajstić information content (AvgIpc) is 4.02. The lowest BCUT2D eigenvalue weighted by molar-refractivity contribution is 0.673. The van der Waals surface area contributed by atoms with E-state index in [0.717, 1.165) is 86.3 Å². The average molecular weight is 743 g/mol. The Morgan fingerprint density at radius 3 is 1.74 bits per heavy atom. The normalized spacial score (nSPS) is 13.2. The van der Waals surface area contributed by atoms with Gasteiger partial charge in [0.2, 0.25) is 0 Å². The van der Waals surface area contributed by atoms with Gasteiger partial charge in [0.1, 0.15) is 17.2 Å². The van der Waals surface area contributed by atoms with Gasteiger partial charge in [-0.15, -0.1) is 0 Å². The number of hydrogen-bond donors (Lipinski definition) is 0. The molecule has 0 N–H and O–H groups in total. The molecule has 0 amide bonds. The predicted octanol–water partition coefficient (Wildman–Crippen LogP) is 13.6. The highest BCUT2D eigenvalue weighted by Gasteiger charge is 2.28. The van der Waals surface area contributed by atoms with Gasteiger partial charge in [-0.3, -0.25) is 0 Å². The molecule has 0 bridgehead atoms. The molecule has 0 saturated heterocycles. The number of nitriles is 1. The van der Waals surface area contributed by atoms with Crippen molar-refractivity contribution in [3.8, 4) is 23.1 Å². The third-order valence-corrected chi connectivity index (χ3v) is 12.8. The van der Waals surface area contributed by atoms with Crippen LogP contribution in [0.15, 0.2) is 162 Å². The summed E-state index contributed by atoms with van der Waals surface area (Å²) in [4.78, 5) is 0. The number of para-hydroxylation sites is 5. The van der Waals surface area contributed by atoms with Crippen molar-refractivity contribution in [1.82, 2.24) is 13.7 Å². The maximum atomic E-state index is 11.1. The Labute approximate surface area is 332 Å². The van der Waals surface area contributed by atoms with Gasteiger partial charge in [0.15, 0.2) is 0 Å². The Morgan fingerprint density at radius 1 is 0.448 bits per heavy atom. The molecule has 0 radical (unpaired) electrons. The predicted molar refractivity (Wildman–Crippen MR) is 238 cm³/mol. The molecule has 5 heteroatoms. The van der Waals surface area contributed by atoms with Crippen LogP contribution < -0.4 is 0 Å². The molecule has 4 aromatic heterocycles. The van der Waals surface area contributed by atoms with Crippen LogP contribution in [0, 0.1) is 11.3 Å². The van der Waals surface area contributed by atoms with Crippen LogP contribution in [0.3, 0.4) is 0 Å². The van der Waals surface area contributed by atoms with Gasteiger partial charge in [0.25, 0.3) is 0 Å². The molecule has 0 spiro atoms. The van der Waals surface area contributed by atoms with E-state index in [1.54, 1.807) is 0 Å². The Morgan fingerprint density at radius 2 is 1.03 bits per heavy atom. The fraction of sp³-hybridized carbons (Fsp3) is 0.0755. The van der Waals surface area contributed by atoms with Gasteiger partial charge in [0.05, 0.1) is 55.4 Å². The molecule has 272 valence electrons. The summed E-state index contributed by atoms with van der Waals surface area (Å²) < 4.78 is 14.0. The van der Waals surface area contributed by atoms with E-state index in [0.29, 0.717) is 5.56 Å². The number of fused-ring (bicyclic) bond motifs is 15. The third kappa shape index (κ3) is 4.13. The number of benzene rings is 8. The highest BCUT2D eigenvalue weighted by molar-refractivity contribution is 6.24. The van der Waals surface area contributed by atoms with Gasteiger partial charge in [-0.05, 0) is 97.5 Å². The minimum Gasteiger partial charge on any atom is -0.455 e. The quantitative estimate of drug-likeness (QED) is 0.177. The van der Waals surface area contributed by atoms with E-state index in [9.17, 15) is 5.26 Å². The largest absolute Gasteiger partial charge is 0.455 e. The fourth-order valence-corrected chi connectivity index (χ4v) is 10.4. The van der Waals surface area contributed by atoms with Gasteiger partial charge < -0.3 is 18.1 Å². The molecule has 0 unspecified atom stereocenters. The first-order valence-corrected chi connectivity index (χ1v) is 20.2. The zero-order valence-corrected chi connectivity index (χ0v) is 31.5. The van der Waals surface area contributed by atoms with Crippen molar-refractivity contribution in [1.29, 1.82) is 5.26 Å². The molecule has 0 fully saturated rings. The lowest BCUT2D eigenvalue weighted by Crippen LogP contribution is -2.10. The summed E-state index contributed by atoms with van der Waals surface area (Å²) in [6.45, 7) is 0. The monoisotopic (exact) mass is 742 g/mol. The molecule has 12 aromatic rings. The zero-order chi connectivity index (χ0) is 38.1. The second kappa shape index (κ2) is 11.7. The number of nitrogens with zero attached hydrogens (tertiary/aromatic N) is 4. The van der Waals surface area contributed by atoms with Crippen molar-refractivity contribution in [2.24, 2.45) is 0 Å². The fourth-order valence-electron chi connectivity index (χ4n) is 10.4. The van der Waals surface area contributed by atoms with Gasteiger partial charge >= 0.3 is 0 Å². The van der Waals surface area contributed by atoms with Crippen molar-refractivity contribution in [3.05, 3.63) is 174 Å². The standard InChI is InChI=1S/C53H34N4O/c54-31-34-26-25-32-13-1-2-14-33-29-35(55-43-20-8-3-15-36(43)37-16-4-9-21-44(37)55)30-42-38-17-5-10-22-45(38)57(50(33)42)51(32)52(34)56-46-23-11-6-19-41(46)49-47(56)28-27-40-39-18-7-12-24-48(39)58-53(40)49/h3-12,15-30H,1-2,13-14H2. The summed E-state index contributed by atoms with van der Waals surface area (Å²) in [6, 6.07) is 59.4. The van der Waals surface area contributed by atoms with Crippen LogP contribution in [0.25, 0.3) is 104 Å². The molecule has 0 atom stereocenters. The first-order valence-electron chi connectivity index (χ1n) is 20.2. The van der Waals surface area contributed by atoms with Crippen LogP contribution in [0.4, 0.5) is 0 Å². The number of hydrogen-bond acceptors (Lipinski definition) is 2. The van der Waals surface area contributed by atoms with Crippen LogP contribution in [-0.4, -0.2) is 13.7 Å². The van der Waals surface area contributed by atoms with E-state index < -0.39 is 0 Å². The lowest BCUT2D eigenvalue weighted by atomic mass is 9.99. The van der Waals surface area contributed by atoms with E-state index in [1.165, 1.54) is 54.9 Å². The summed E-state index contributed by atoms with van der Waals surface area (Å²) in [5, 5.41) is 20.4. The van der Waals surface area contributed by atoms with E-state index in [4.69, 9.17) is 4.42 Å². The van der Waals surface area contributed by atoms with Crippen molar-refractivity contribution in [2.45, 2.75) is 25.7 Å². The van der Waals surface area contributed by atoms with Crippen molar-refractivity contribution < 1.29 is 4.42 Å². The number of aryl methyl sites for hydroxylation is 2. The molecular weight excluding hydrogens is 709 g/mol. The molecule has 0 saturated carbocycles. The maximum absolute atomic E-state index is 11.1. The molecule has 1 aliphatic rings. The SMILES string of the molecule is N#Cc1ccc2c(c1-n1c3ccccc3c3c4oc5ccccc5c4ccc31)-n1c3ccccc3c3cc(-n4c5ccccc5c5ccccc54)cc(c31)CCCC2. The highest BCUT2D eigenvalue weighted by Crippen LogP contribution is 2.46. The number of aromatic nitrogens is 3. The highest BCUT2D eigenvalue weighted by atomic mass is 16.3. The molecule has 8 aromatic carbocycles. The molecule has 1 aliphatic heterocycles. The van der Waals surface area contributed by atoms with Crippen LogP contribution in [0.2, 0.25) is 0 Å². The van der Waals surface area contributed by atoms with Gasteiger partial charge in [-0.25, -0.2) is 0 Å². The van der Waals surface area contributed by atoms with E-state index >= 15 is 0 Å². The van der Waals surface area contributed by atoms with Crippen molar-refractivity contribution in [3.63, 3.8) is 0 Å². The Bertz CT molecular complexity index is 3720. The van der Waals surface area contributed by atoms with Gasteiger partial charge in [-0.2, -0.15) is 5.26 Å². The number of furan rings is 1. The smallest absolute Gasteiger partial charge is 0.145 e. The topological polar surface area (TPSA) is 51.7 Å². The van der Waals surface area contributed by atoms with Crippen molar-refractivity contribution >= 4 is 87.4 Å².